The summed E-state index contributed by atoms with van der Waals surface area (Å²) in [6.45, 7) is 0. The van der Waals surface area contributed by atoms with Gasteiger partial charge in [-0.05, 0) is 29.3 Å². The number of nitrogens with zero attached hydrogens (tertiary/aromatic N) is 3. The van der Waals surface area contributed by atoms with E-state index in [0.717, 1.165) is 17.7 Å². The van der Waals surface area contributed by atoms with Crippen molar-refractivity contribution in [1.29, 1.82) is 0 Å². The summed E-state index contributed by atoms with van der Waals surface area (Å²) in [4.78, 5) is 24.2. The van der Waals surface area contributed by atoms with Crippen LogP contribution >= 0.6 is 11.8 Å². The third kappa shape index (κ3) is 4.93. The topological polar surface area (TPSA) is 63.5 Å². The maximum Gasteiger partial charge on any atom is 0.416 e. The van der Waals surface area contributed by atoms with Crippen molar-refractivity contribution in [3.05, 3.63) is 89.0 Å². The Bertz CT molecular complexity index is 1390. The lowest BCUT2D eigenvalue weighted by Gasteiger charge is -2.31. The number of halogens is 3. The highest BCUT2D eigenvalue weighted by molar-refractivity contribution is 8.13. The maximum absolute atomic E-state index is 13.1. The number of fused-ring (bicyclic) bond motifs is 3. The predicted octanol–water partition coefficient (Wildman–Crippen LogP) is 5.86. The number of aliphatic imine (C=N–C) groups is 2. The van der Waals surface area contributed by atoms with E-state index < -0.39 is 17.8 Å². The van der Waals surface area contributed by atoms with E-state index in [2.05, 4.69) is 4.99 Å². The first-order valence-corrected chi connectivity index (χ1v) is 12.4. The molecule has 2 heterocycles. The molecule has 6 nitrogen and oxygen atoms in total. The van der Waals surface area contributed by atoms with Gasteiger partial charge >= 0.3 is 6.18 Å². The molecule has 1 atom stereocenters. The zero-order chi connectivity index (χ0) is 26.2. The Labute approximate surface area is 215 Å². The van der Waals surface area contributed by atoms with Gasteiger partial charge in [0.25, 0.3) is 5.91 Å². The Hall–Kier alpha value is -3.79. The molecule has 0 saturated heterocycles. The smallest absolute Gasteiger partial charge is 0.416 e. The van der Waals surface area contributed by atoms with E-state index in [-0.39, 0.29) is 5.91 Å². The first kappa shape index (κ1) is 24.9. The molecule has 0 N–H and O–H groups in total. The number of methoxy groups -OCH3 is 2. The van der Waals surface area contributed by atoms with Gasteiger partial charge in [-0.1, -0.05) is 54.2 Å². The fraction of sp³-hybridized carbons (Fsp3) is 0.222. The van der Waals surface area contributed by atoms with Crippen LogP contribution in [0.1, 0.15) is 22.3 Å². The van der Waals surface area contributed by atoms with Crippen LogP contribution in [0.5, 0.6) is 11.5 Å². The van der Waals surface area contributed by atoms with Crippen LogP contribution in [-0.4, -0.2) is 42.1 Å². The zero-order valence-electron chi connectivity index (χ0n) is 20.0. The summed E-state index contributed by atoms with van der Waals surface area (Å²) in [6, 6.07) is 17.5. The molecule has 190 valence electrons. The molecule has 0 radical (unpaired) electrons. The van der Waals surface area contributed by atoms with Crippen molar-refractivity contribution >= 4 is 34.4 Å². The third-order valence-electron chi connectivity index (χ3n) is 6.13. The number of thioether (sulfide) groups is 1. The van der Waals surface area contributed by atoms with Gasteiger partial charge in [-0.15, -0.1) is 0 Å². The van der Waals surface area contributed by atoms with E-state index in [1.54, 1.807) is 12.1 Å². The molecule has 0 saturated carbocycles. The predicted molar refractivity (Wildman–Crippen MR) is 137 cm³/mol. The molecule has 0 unspecified atom stereocenters. The van der Waals surface area contributed by atoms with Crippen molar-refractivity contribution in [2.24, 2.45) is 9.98 Å². The first-order valence-electron chi connectivity index (χ1n) is 11.4. The van der Waals surface area contributed by atoms with Crippen molar-refractivity contribution in [2.75, 3.05) is 14.2 Å². The molecule has 10 heteroatoms. The Morgan fingerprint density at radius 3 is 2.24 bits per heavy atom. The van der Waals surface area contributed by atoms with Gasteiger partial charge in [0.05, 0.1) is 25.5 Å². The molecule has 2 aliphatic heterocycles. The average Bonchev–Trinajstić information content (AvgIpc) is 3.22. The molecule has 3 aromatic carbocycles. The number of alkyl halides is 3. The molecule has 3 aromatic rings. The van der Waals surface area contributed by atoms with Crippen LogP contribution in [0, 0.1) is 0 Å². The van der Waals surface area contributed by atoms with Crippen LogP contribution in [0.3, 0.4) is 0 Å². The summed E-state index contributed by atoms with van der Waals surface area (Å²) < 4.78 is 49.8. The van der Waals surface area contributed by atoms with Gasteiger partial charge in [0, 0.05) is 23.8 Å². The molecule has 0 spiro atoms. The van der Waals surface area contributed by atoms with E-state index in [1.165, 1.54) is 38.1 Å². The van der Waals surface area contributed by atoms with Gasteiger partial charge in [0.15, 0.2) is 16.7 Å². The van der Waals surface area contributed by atoms with Crippen LogP contribution in [0.2, 0.25) is 0 Å². The lowest BCUT2D eigenvalue weighted by molar-refractivity contribution is -0.137. The second kappa shape index (κ2) is 9.93. The number of amides is 1. The number of carbonyl (C=O) groups excluding carboxylic acids is 1. The minimum absolute atomic E-state index is 0.288. The Balaban J connectivity index is 1.51. The molecule has 37 heavy (non-hydrogen) atoms. The molecule has 2 aliphatic rings. The molecule has 0 aliphatic carbocycles. The Morgan fingerprint density at radius 1 is 0.919 bits per heavy atom. The van der Waals surface area contributed by atoms with Crippen molar-refractivity contribution in [3.63, 3.8) is 0 Å². The van der Waals surface area contributed by atoms with E-state index in [1.807, 2.05) is 35.2 Å². The number of amidine groups is 2. The van der Waals surface area contributed by atoms with Crippen molar-refractivity contribution in [2.45, 2.75) is 24.4 Å². The summed E-state index contributed by atoms with van der Waals surface area (Å²) in [5.41, 5.74) is 2.18. The van der Waals surface area contributed by atoms with E-state index in [9.17, 15) is 18.0 Å². The van der Waals surface area contributed by atoms with Crippen molar-refractivity contribution in [3.8, 4) is 11.5 Å². The fourth-order valence-corrected chi connectivity index (χ4v) is 5.26. The molecule has 5 rings (SSSR count). The molecule has 0 aromatic heterocycles. The number of rotatable bonds is 6. The summed E-state index contributed by atoms with van der Waals surface area (Å²) >= 11 is 1.33. The fourth-order valence-electron chi connectivity index (χ4n) is 4.26. The van der Waals surface area contributed by atoms with E-state index in [0.29, 0.717) is 51.5 Å². The van der Waals surface area contributed by atoms with Crippen LogP contribution in [0.25, 0.3) is 0 Å². The van der Waals surface area contributed by atoms with Gasteiger partial charge in [0.2, 0.25) is 0 Å². The minimum Gasteiger partial charge on any atom is -0.493 e. The van der Waals surface area contributed by atoms with Gasteiger partial charge in [-0.25, -0.2) is 4.99 Å². The number of hydrogen-bond donors (Lipinski definition) is 0. The highest BCUT2D eigenvalue weighted by Crippen LogP contribution is 2.41. The van der Waals surface area contributed by atoms with Gasteiger partial charge in [-0.3, -0.25) is 9.69 Å². The highest BCUT2D eigenvalue weighted by atomic mass is 32.2. The summed E-state index contributed by atoms with van der Waals surface area (Å²) in [6.07, 6.45) is -3.97. The highest BCUT2D eigenvalue weighted by Gasteiger charge is 2.42. The van der Waals surface area contributed by atoms with Crippen molar-refractivity contribution in [1.82, 2.24) is 4.90 Å². The van der Waals surface area contributed by atoms with E-state index >= 15 is 0 Å². The third-order valence-corrected chi connectivity index (χ3v) is 7.15. The molecular formula is C27H22F3N3O3S. The first-order chi connectivity index (χ1) is 17.8. The number of carbonyl (C=O) groups is 1. The zero-order valence-corrected chi connectivity index (χ0v) is 20.8. The normalized spacial score (nSPS) is 16.6. The number of hydrogen-bond acceptors (Lipinski definition) is 6. The van der Waals surface area contributed by atoms with Crippen LogP contribution < -0.4 is 9.47 Å². The SMILES string of the molecule is COc1cc2c(cc1OC)C1=NC(=O)[C@H](Cc3ccccc3)N1C(SCc1ccc(C(F)(F)F)cc1)=N2. The lowest BCUT2D eigenvalue weighted by atomic mass is 10.0. The summed E-state index contributed by atoms with van der Waals surface area (Å²) in [5.74, 6) is 1.50. The molecule has 0 fully saturated rings. The van der Waals surface area contributed by atoms with Crippen molar-refractivity contribution < 1.29 is 27.4 Å². The molecule has 0 bridgehead atoms. The Kier molecular flexibility index (Phi) is 6.68. The monoisotopic (exact) mass is 525 g/mol. The molecular weight excluding hydrogens is 503 g/mol. The van der Waals surface area contributed by atoms with Crippen LogP contribution in [0.4, 0.5) is 18.9 Å². The summed E-state index contributed by atoms with van der Waals surface area (Å²) in [7, 11) is 3.05. The maximum atomic E-state index is 13.1. The second-order valence-electron chi connectivity index (χ2n) is 8.45. The lowest BCUT2D eigenvalue weighted by Crippen LogP contribution is -2.44. The largest absolute Gasteiger partial charge is 0.493 e. The van der Waals surface area contributed by atoms with Gasteiger partial charge in [0.1, 0.15) is 11.9 Å². The second-order valence-corrected chi connectivity index (χ2v) is 9.39. The van der Waals surface area contributed by atoms with Gasteiger partial charge in [-0.2, -0.15) is 18.2 Å². The number of benzene rings is 3. The Morgan fingerprint density at radius 2 is 1.59 bits per heavy atom. The minimum atomic E-state index is -4.39. The molecule has 1 amide bonds. The van der Waals surface area contributed by atoms with Crippen LogP contribution in [-0.2, 0) is 23.1 Å². The standard InChI is InChI=1S/C27H22F3N3O3S/c1-35-22-13-19-20(14-23(22)36-2)31-26(37-15-17-8-10-18(11-9-17)27(28,29)30)33-21(25(34)32-24(19)33)12-16-6-4-3-5-7-16/h3-11,13-14,21H,12,15H2,1-2H3/t21-/m0/s1. The average molecular weight is 526 g/mol. The van der Waals surface area contributed by atoms with E-state index in [4.69, 9.17) is 14.5 Å². The van der Waals surface area contributed by atoms with Gasteiger partial charge < -0.3 is 9.47 Å². The summed E-state index contributed by atoms with van der Waals surface area (Å²) in [5, 5.41) is 0.533. The quantitative estimate of drug-likeness (QED) is 0.404. The number of ether oxygens (including phenoxy) is 2. The van der Waals surface area contributed by atoms with Crippen LogP contribution in [0.15, 0.2) is 76.7 Å².